The Labute approximate surface area is 57.3 Å². The van der Waals surface area contributed by atoms with Crippen molar-refractivity contribution in [3.63, 3.8) is 0 Å². The van der Waals surface area contributed by atoms with Crippen LogP contribution in [0.1, 0.15) is 0 Å². The van der Waals surface area contributed by atoms with Crippen LogP contribution in [0, 0.1) is 0 Å². The van der Waals surface area contributed by atoms with Gasteiger partial charge in [-0.25, -0.2) is 0 Å². The summed E-state index contributed by atoms with van der Waals surface area (Å²) in [7, 11) is 0. The zero-order valence-corrected chi connectivity index (χ0v) is 5.64. The molecule has 0 heterocycles. The van der Waals surface area contributed by atoms with Gasteiger partial charge in [0.2, 0.25) is 0 Å². The van der Waals surface area contributed by atoms with Gasteiger partial charge in [0, 0.05) is 37.5 Å². The van der Waals surface area contributed by atoms with Crippen molar-refractivity contribution in [3.8, 4) is 0 Å². The van der Waals surface area contributed by atoms with E-state index in [0.29, 0.717) is 16.2 Å². The molecule has 1 radical (unpaired) electrons. The third-order valence-electron chi connectivity index (χ3n) is 0. The molecule has 0 aromatic carbocycles. The molecule has 0 aliphatic rings. The van der Waals surface area contributed by atoms with Crippen LogP contribution >= 0.6 is 0 Å². The van der Waals surface area contributed by atoms with E-state index in [0.717, 1.165) is 0 Å². The van der Waals surface area contributed by atoms with Gasteiger partial charge >= 0.3 is 20.0 Å². The SMILES string of the molecule is [Cu].[O]=[AlH].[Pd]. The third kappa shape index (κ3) is 9.69. The summed E-state index contributed by atoms with van der Waals surface area (Å²) in [4.78, 5) is 0. The Hall–Kier alpha value is 1.51. The minimum Gasteiger partial charge on any atom is 0 e. The first-order valence-electron chi connectivity index (χ1n) is 0.289. The third-order valence-corrected chi connectivity index (χ3v) is 0. The average Bonchev–Trinajstić information content (AvgIpc) is 1.00. The van der Waals surface area contributed by atoms with Crippen molar-refractivity contribution in [2.24, 2.45) is 0 Å². The van der Waals surface area contributed by atoms with Crippen molar-refractivity contribution in [1.29, 1.82) is 0 Å². The minimum atomic E-state index is 0. The van der Waals surface area contributed by atoms with Crippen molar-refractivity contribution < 1.29 is 41.3 Å². The molecule has 0 spiro atoms. The van der Waals surface area contributed by atoms with Crippen LogP contribution in [0.2, 0.25) is 0 Å². The monoisotopic (exact) mass is 213 g/mol. The number of hydrogen-bond acceptors (Lipinski definition) is 1. The maximum atomic E-state index is 8.28. The van der Waals surface area contributed by atoms with Crippen molar-refractivity contribution in [2.75, 3.05) is 0 Å². The standard InChI is InChI=1S/Al.Cu.O.Pd.H. The summed E-state index contributed by atoms with van der Waals surface area (Å²) < 4.78 is 8.28. The van der Waals surface area contributed by atoms with Crippen LogP contribution in [0.3, 0.4) is 0 Å². The summed E-state index contributed by atoms with van der Waals surface area (Å²) in [6.07, 6.45) is 0. The van der Waals surface area contributed by atoms with Crippen molar-refractivity contribution in [1.82, 2.24) is 0 Å². The van der Waals surface area contributed by atoms with Gasteiger partial charge in [-0.3, -0.25) is 0 Å². The van der Waals surface area contributed by atoms with Crippen molar-refractivity contribution in [3.05, 3.63) is 0 Å². The van der Waals surface area contributed by atoms with E-state index in [1.54, 1.807) is 0 Å². The fourth-order valence-electron chi connectivity index (χ4n) is 0. The first-order valence-corrected chi connectivity index (χ1v) is 0.866. The van der Waals surface area contributed by atoms with E-state index in [1.165, 1.54) is 0 Å². The largest absolute Gasteiger partial charge is 0 e. The molecule has 4 heteroatoms. The molecule has 0 atom stereocenters. The minimum absolute atomic E-state index is 0. The van der Waals surface area contributed by atoms with Gasteiger partial charge in [0.25, 0.3) is 0 Å². The van der Waals surface area contributed by atoms with E-state index in [1.807, 2.05) is 0 Å². The molecule has 0 saturated heterocycles. The Morgan fingerprint density at radius 1 is 1.25 bits per heavy atom. The molecule has 0 aromatic heterocycles. The molecule has 0 saturated carbocycles. The molecule has 0 N–H and O–H groups in total. The predicted molar refractivity (Wildman–Crippen MR) is 7.84 cm³/mol. The van der Waals surface area contributed by atoms with Crippen LogP contribution in [0.4, 0.5) is 0 Å². The molecule has 31 valence electrons. The van der Waals surface area contributed by atoms with E-state index in [-0.39, 0.29) is 37.5 Å². The van der Waals surface area contributed by atoms with Crippen LogP contribution in [0.5, 0.6) is 0 Å². The Morgan fingerprint density at radius 3 is 1.25 bits per heavy atom. The van der Waals surface area contributed by atoms with Crippen molar-refractivity contribution in [2.45, 2.75) is 0 Å². The maximum absolute atomic E-state index is 8.28. The Bertz CT molecular complexity index is 8.00. The van der Waals surface area contributed by atoms with Gasteiger partial charge in [0.15, 0.2) is 0 Å². The second kappa shape index (κ2) is 24.3. The summed E-state index contributed by atoms with van der Waals surface area (Å²) in [5.74, 6) is 0. The van der Waals surface area contributed by atoms with Crippen molar-refractivity contribution >= 4 is 16.2 Å². The predicted octanol–water partition coefficient (Wildman–Crippen LogP) is -0.772. The van der Waals surface area contributed by atoms with Gasteiger partial charge in [0.05, 0.1) is 0 Å². The first kappa shape index (κ1) is 17.8. The Balaban J connectivity index is -0.00000000500. The molecule has 0 rings (SSSR count). The smallest absolute Gasteiger partial charge is 0 e. The second-order valence-corrected chi connectivity index (χ2v) is 0. The molecule has 0 fully saturated rings. The zero-order valence-electron chi connectivity index (χ0n) is 1.73. The van der Waals surface area contributed by atoms with Gasteiger partial charge < -0.3 is 0 Å². The Morgan fingerprint density at radius 2 is 1.25 bits per heavy atom. The summed E-state index contributed by atoms with van der Waals surface area (Å²) in [5.41, 5.74) is 0. The van der Waals surface area contributed by atoms with E-state index in [9.17, 15) is 0 Å². The maximum Gasteiger partial charge on any atom is 0 e. The van der Waals surface area contributed by atoms with Gasteiger partial charge in [-0.1, -0.05) is 0 Å². The molecule has 0 amide bonds. The van der Waals surface area contributed by atoms with Crippen LogP contribution in [0.25, 0.3) is 0 Å². The molecule has 0 unspecified atom stereocenters. The average molecular weight is 214 g/mol. The second-order valence-electron chi connectivity index (χ2n) is 0. The van der Waals surface area contributed by atoms with E-state index in [2.05, 4.69) is 0 Å². The van der Waals surface area contributed by atoms with Crippen LogP contribution in [-0.4, -0.2) is 16.2 Å². The molecular formula is HAlCuOPd. The molecule has 4 heavy (non-hydrogen) atoms. The fourth-order valence-corrected chi connectivity index (χ4v) is 0. The number of rotatable bonds is 0. The van der Waals surface area contributed by atoms with Crippen LogP contribution < -0.4 is 0 Å². The first-order chi connectivity index (χ1) is 1.00. The summed E-state index contributed by atoms with van der Waals surface area (Å²) in [6.45, 7) is 0. The zero-order chi connectivity index (χ0) is 2.00. The van der Waals surface area contributed by atoms with E-state index < -0.39 is 0 Å². The topological polar surface area (TPSA) is 17.1 Å². The quantitative estimate of drug-likeness (QED) is 0.484. The summed E-state index contributed by atoms with van der Waals surface area (Å²) >= 11 is 0.611. The number of hydrogen-bond donors (Lipinski definition) is 0. The van der Waals surface area contributed by atoms with E-state index in [4.69, 9.17) is 3.80 Å². The van der Waals surface area contributed by atoms with Crippen LogP contribution in [0.15, 0.2) is 0 Å². The summed E-state index contributed by atoms with van der Waals surface area (Å²) in [5, 5.41) is 0. The fraction of sp³-hybridized carbons (Fsp3) is 0. The normalized spacial score (nSPS) is 0.750. The molecule has 1 nitrogen and oxygen atoms in total. The molecule has 0 aromatic rings. The van der Waals surface area contributed by atoms with Crippen LogP contribution in [-0.2, 0) is 41.3 Å². The summed E-state index contributed by atoms with van der Waals surface area (Å²) in [6, 6.07) is 0. The van der Waals surface area contributed by atoms with Gasteiger partial charge in [-0.15, -0.1) is 0 Å². The van der Waals surface area contributed by atoms with E-state index >= 15 is 0 Å². The molecule has 0 aliphatic carbocycles. The molecular weight excluding hydrogens is 213 g/mol. The van der Waals surface area contributed by atoms with Gasteiger partial charge in [-0.2, -0.15) is 0 Å². The molecule has 0 bridgehead atoms. The molecule has 0 aliphatic heterocycles. The van der Waals surface area contributed by atoms with Gasteiger partial charge in [0.1, 0.15) is 0 Å². The van der Waals surface area contributed by atoms with Gasteiger partial charge in [-0.05, 0) is 0 Å². The Kier molecular flexibility index (Phi) is 108.